The summed E-state index contributed by atoms with van der Waals surface area (Å²) in [6.07, 6.45) is 3.98. The summed E-state index contributed by atoms with van der Waals surface area (Å²) < 4.78 is 0. The average Bonchev–Trinajstić information content (AvgIpc) is 2.85. The largest absolute Gasteiger partial charge is 0.356 e. The maximum atomic E-state index is 12.8. The zero-order valence-corrected chi connectivity index (χ0v) is 19.1. The fraction of sp³-hybridized carbons (Fsp3) is 0.481. The van der Waals surface area contributed by atoms with E-state index in [0.29, 0.717) is 18.0 Å². The zero-order chi connectivity index (χ0) is 22.3. The smallest absolute Gasteiger partial charge is 0.253 e. The van der Waals surface area contributed by atoms with Crippen LogP contribution in [-0.4, -0.2) is 54.3 Å². The van der Waals surface area contributed by atoms with Crippen molar-refractivity contribution in [3.63, 3.8) is 0 Å². The summed E-state index contributed by atoms with van der Waals surface area (Å²) in [5, 5.41) is 3.20. The van der Waals surface area contributed by atoms with Crippen LogP contribution in [0.2, 0.25) is 0 Å². The van der Waals surface area contributed by atoms with Crippen molar-refractivity contribution in [2.24, 2.45) is 11.8 Å². The molecule has 170 valence electrons. The Balaban J connectivity index is 1.19. The van der Waals surface area contributed by atoms with Gasteiger partial charge in [0.2, 0.25) is 5.91 Å². The Morgan fingerprint density at radius 3 is 2.38 bits per heavy atom. The number of carbonyl (C=O) groups excluding carboxylic acids is 2. The number of rotatable bonds is 6. The summed E-state index contributed by atoms with van der Waals surface area (Å²) in [4.78, 5) is 29.9. The molecular weight excluding hydrogens is 398 g/mol. The molecule has 32 heavy (non-hydrogen) atoms. The Bertz CT molecular complexity index is 889. The summed E-state index contributed by atoms with van der Waals surface area (Å²) in [6.45, 7) is 7.29. The second-order valence-corrected chi connectivity index (χ2v) is 9.41. The Morgan fingerprint density at radius 1 is 0.938 bits per heavy atom. The molecule has 2 aliphatic rings. The van der Waals surface area contributed by atoms with E-state index in [9.17, 15) is 9.59 Å². The number of nitrogens with one attached hydrogen (secondary N) is 1. The molecule has 0 aromatic heterocycles. The standard InChI is InChI=1S/C27H35N3O2/c1-21-9-11-23(12-10-21)19-29-16-13-22(14-17-29)18-28-26(31)25-8-5-15-30(20-25)27(32)24-6-3-2-4-7-24/h2-4,6-7,9-12,22,25H,5,8,13-20H2,1H3,(H,28,31). The number of likely N-dealkylation sites (tertiary alicyclic amines) is 2. The van der Waals surface area contributed by atoms with Crippen LogP contribution in [0, 0.1) is 18.8 Å². The van der Waals surface area contributed by atoms with Gasteiger partial charge in [0, 0.05) is 31.7 Å². The quantitative estimate of drug-likeness (QED) is 0.752. The van der Waals surface area contributed by atoms with E-state index < -0.39 is 0 Å². The lowest BCUT2D eigenvalue weighted by molar-refractivity contribution is -0.126. The molecule has 1 N–H and O–H groups in total. The first-order valence-electron chi connectivity index (χ1n) is 12.0. The minimum absolute atomic E-state index is 0.0315. The molecule has 0 aliphatic carbocycles. The van der Waals surface area contributed by atoms with Crippen LogP contribution in [0.5, 0.6) is 0 Å². The minimum Gasteiger partial charge on any atom is -0.356 e. The van der Waals surface area contributed by atoms with E-state index in [-0.39, 0.29) is 17.7 Å². The molecule has 4 rings (SSSR count). The zero-order valence-electron chi connectivity index (χ0n) is 19.1. The number of piperidine rings is 2. The van der Waals surface area contributed by atoms with E-state index in [1.54, 1.807) is 0 Å². The molecule has 0 saturated carbocycles. The molecule has 2 aromatic rings. The predicted molar refractivity (Wildman–Crippen MR) is 127 cm³/mol. The van der Waals surface area contributed by atoms with Crippen LogP contribution >= 0.6 is 0 Å². The Hall–Kier alpha value is -2.66. The third-order valence-electron chi connectivity index (χ3n) is 6.90. The number of hydrogen-bond acceptors (Lipinski definition) is 3. The molecule has 0 spiro atoms. The van der Waals surface area contributed by atoms with Crippen LogP contribution in [-0.2, 0) is 11.3 Å². The van der Waals surface area contributed by atoms with Gasteiger partial charge in [-0.25, -0.2) is 0 Å². The molecule has 2 aromatic carbocycles. The van der Waals surface area contributed by atoms with Gasteiger partial charge in [-0.3, -0.25) is 14.5 Å². The van der Waals surface area contributed by atoms with Crippen molar-refractivity contribution >= 4 is 11.8 Å². The highest BCUT2D eigenvalue weighted by Gasteiger charge is 2.29. The number of nitrogens with zero attached hydrogens (tertiary/aromatic N) is 2. The van der Waals surface area contributed by atoms with Crippen LogP contribution in [0.4, 0.5) is 0 Å². The predicted octanol–water partition coefficient (Wildman–Crippen LogP) is 3.88. The van der Waals surface area contributed by atoms with Crippen molar-refractivity contribution in [1.82, 2.24) is 15.1 Å². The summed E-state index contributed by atoms with van der Waals surface area (Å²) in [6, 6.07) is 18.2. The molecule has 2 aliphatic heterocycles. The van der Waals surface area contributed by atoms with Gasteiger partial charge in [0.1, 0.15) is 0 Å². The highest BCUT2D eigenvalue weighted by molar-refractivity contribution is 5.94. The van der Waals surface area contributed by atoms with Gasteiger partial charge in [-0.15, -0.1) is 0 Å². The first-order chi connectivity index (χ1) is 15.6. The summed E-state index contributed by atoms with van der Waals surface area (Å²) in [5.74, 6) is 0.582. The highest BCUT2D eigenvalue weighted by Crippen LogP contribution is 2.21. The molecule has 2 amide bonds. The molecular formula is C27H35N3O2. The summed E-state index contributed by atoms with van der Waals surface area (Å²) in [5.41, 5.74) is 3.37. The minimum atomic E-state index is -0.0990. The first kappa shape index (κ1) is 22.5. The Morgan fingerprint density at radius 2 is 1.66 bits per heavy atom. The maximum absolute atomic E-state index is 12.8. The van der Waals surface area contributed by atoms with E-state index in [4.69, 9.17) is 0 Å². The van der Waals surface area contributed by atoms with Crippen molar-refractivity contribution in [2.45, 2.75) is 39.2 Å². The lowest BCUT2D eigenvalue weighted by Gasteiger charge is -2.34. The lowest BCUT2D eigenvalue weighted by Crippen LogP contribution is -2.46. The first-order valence-corrected chi connectivity index (χ1v) is 12.0. The number of hydrogen-bond donors (Lipinski definition) is 1. The average molecular weight is 434 g/mol. The highest BCUT2D eigenvalue weighted by atomic mass is 16.2. The van der Waals surface area contributed by atoms with Crippen LogP contribution in [0.15, 0.2) is 54.6 Å². The van der Waals surface area contributed by atoms with Crippen molar-refractivity contribution < 1.29 is 9.59 Å². The van der Waals surface area contributed by atoms with Gasteiger partial charge in [-0.1, -0.05) is 48.0 Å². The van der Waals surface area contributed by atoms with Crippen molar-refractivity contribution in [3.05, 3.63) is 71.3 Å². The van der Waals surface area contributed by atoms with Crippen LogP contribution in [0.1, 0.15) is 47.2 Å². The number of amides is 2. The van der Waals surface area contributed by atoms with Gasteiger partial charge in [0.15, 0.2) is 0 Å². The Kier molecular flexibility index (Phi) is 7.59. The second kappa shape index (κ2) is 10.8. The monoisotopic (exact) mass is 433 g/mol. The number of benzene rings is 2. The van der Waals surface area contributed by atoms with E-state index in [0.717, 1.165) is 58.4 Å². The lowest BCUT2D eigenvalue weighted by atomic mass is 9.94. The molecule has 0 radical (unpaired) electrons. The van der Waals surface area contributed by atoms with Gasteiger partial charge >= 0.3 is 0 Å². The number of carbonyl (C=O) groups is 2. The van der Waals surface area contributed by atoms with Crippen LogP contribution in [0.25, 0.3) is 0 Å². The normalized spacial score (nSPS) is 20.2. The van der Waals surface area contributed by atoms with Crippen molar-refractivity contribution in [2.75, 3.05) is 32.7 Å². The molecule has 2 saturated heterocycles. The molecule has 5 heteroatoms. The maximum Gasteiger partial charge on any atom is 0.253 e. The van der Waals surface area contributed by atoms with E-state index in [1.807, 2.05) is 35.2 Å². The second-order valence-electron chi connectivity index (χ2n) is 9.41. The van der Waals surface area contributed by atoms with Gasteiger partial charge in [-0.05, 0) is 69.3 Å². The molecule has 0 bridgehead atoms. The fourth-order valence-electron chi connectivity index (χ4n) is 4.83. The summed E-state index contributed by atoms with van der Waals surface area (Å²) in [7, 11) is 0. The topological polar surface area (TPSA) is 52.7 Å². The third-order valence-corrected chi connectivity index (χ3v) is 6.90. The number of aryl methyl sites for hydroxylation is 1. The van der Waals surface area contributed by atoms with Crippen LogP contribution < -0.4 is 5.32 Å². The van der Waals surface area contributed by atoms with Gasteiger partial charge in [-0.2, -0.15) is 0 Å². The van der Waals surface area contributed by atoms with E-state index in [1.165, 1.54) is 11.1 Å². The van der Waals surface area contributed by atoms with Gasteiger partial charge in [0.05, 0.1) is 5.92 Å². The van der Waals surface area contributed by atoms with Crippen molar-refractivity contribution in [1.29, 1.82) is 0 Å². The van der Waals surface area contributed by atoms with Gasteiger partial charge < -0.3 is 10.2 Å². The molecule has 1 atom stereocenters. The Labute approximate surface area is 191 Å². The fourth-order valence-corrected chi connectivity index (χ4v) is 4.83. The molecule has 5 nitrogen and oxygen atoms in total. The van der Waals surface area contributed by atoms with E-state index >= 15 is 0 Å². The third kappa shape index (κ3) is 5.98. The van der Waals surface area contributed by atoms with E-state index in [2.05, 4.69) is 41.4 Å². The molecule has 2 heterocycles. The molecule has 1 unspecified atom stereocenters. The van der Waals surface area contributed by atoms with Crippen LogP contribution in [0.3, 0.4) is 0 Å². The van der Waals surface area contributed by atoms with Gasteiger partial charge in [0.25, 0.3) is 5.91 Å². The van der Waals surface area contributed by atoms with Crippen molar-refractivity contribution in [3.8, 4) is 0 Å². The molecule has 2 fully saturated rings. The summed E-state index contributed by atoms with van der Waals surface area (Å²) >= 11 is 0. The SMILES string of the molecule is Cc1ccc(CN2CCC(CNC(=O)C3CCCN(C(=O)c4ccccc4)C3)CC2)cc1.